The zero-order valence-corrected chi connectivity index (χ0v) is 12.1. The van der Waals surface area contributed by atoms with Gasteiger partial charge in [-0.3, -0.25) is 4.90 Å². The van der Waals surface area contributed by atoms with Crippen LogP contribution in [0, 0.1) is 0 Å². The summed E-state index contributed by atoms with van der Waals surface area (Å²) in [5.74, 6) is 0.341. The molecule has 0 saturated carbocycles. The van der Waals surface area contributed by atoms with Crippen LogP contribution in [-0.2, 0) is 16.1 Å². The molecule has 0 radical (unpaired) electrons. The first-order chi connectivity index (χ1) is 9.69. The van der Waals surface area contributed by atoms with Gasteiger partial charge in [0.25, 0.3) is 0 Å². The fraction of sp³-hybridized carbons (Fsp3) is 0.533. The van der Waals surface area contributed by atoms with E-state index in [0.29, 0.717) is 5.75 Å². The third-order valence-electron chi connectivity index (χ3n) is 3.36. The smallest absolute Gasteiger partial charge is 0.346 e. The number of carbonyl (C=O) groups excluding carboxylic acids is 1. The molecule has 0 aliphatic carbocycles. The molecular formula is C15H22N2O3. The van der Waals surface area contributed by atoms with Crippen molar-refractivity contribution in [3.63, 3.8) is 0 Å². The molecule has 0 amide bonds. The first-order valence-electron chi connectivity index (χ1n) is 6.95. The van der Waals surface area contributed by atoms with E-state index >= 15 is 0 Å². The fourth-order valence-electron chi connectivity index (χ4n) is 2.26. The maximum atomic E-state index is 11.4. The van der Waals surface area contributed by atoms with Gasteiger partial charge in [-0.05, 0) is 24.6 Å². The molecule has 1 aromatic rings. The van der Waals surface area contributed by atoms with Crippen molar-refractivity contribution in [3.8, 4) is 5.75 Å². The number of nitrogens with one attached hydrogen (secondary N) is 1. The molecule has 5 heteroatoms. The zero-order chi connectivity index (χ0) is 14.4. The summed E-state index contributed by atoms with van der Waals surface area (Å²) < 4.78 is 10.2. The Balaban J connectivity index is 1.94. The summed E-state index contributed by atoms with van der Waals surface area (Å²) in [4.78, 5) is 13.8. The lowest BCUT2D eigenvalue weighted by molar-refractivity contribution is -0.147. The number of hydrogen-bond donors (Lipinski definition) is 1. The van der Waals surface area contributed by atoms with Crippen molar-refractivity contribution in [2.75, 3.05) is 33.3 Å². The molecule has 2 rings (SSSR count). The quantitative estimate of drug-likeness (QED) is 0.815. The van der Waals surface area contributed by atoms with E-state index in [0.717, 1.165) is 32.7 Å². The van der Waals surface area contributed by atoms with Gasteiger partial charge < -0.3 is 14.8 Å². The summed E-state index contributed by atoms with van der Waals surface area (Å²) in [5, 5.41) is 3.34. The minimum absolute atomic E-state index is 0.363. The van der Waals surface area contributed by atoms with Crippen LogP contribution in [0.15, 0.2) is 24.3 Å². The van der Waals surface area contributed by atoms with Crippen LogP contribution < -0.4 is 10.1 Å². The Labute approximate surface area is 119 Å². The minimum atomic E-state index is -0.588. The predicted molar refractivity (Wildman–Crippen MR) is 76.7 cm³/mol. The highest BCUT2D eigenvalue weighted by Crippen LogP contribution is 2.17. The molecule has 0 bridgehead atoms. The van der Waals surface area contributed by atoms with Crippen molar-refractivity contribution in [1.82, 2.24) is 10.2 Å². The predicted octanol–water partition coefficient (Wildman–Crippen LogP) is 1.03. The molecule has 1 N–H and O–H groups in total. The highest BCUT2D eigenvalue weighted by molar-refractivity contribution is 5.74. The lowest BCUT2D eigenvalue weighted by Crippen LogP contribution is -2.42. The van der Waals surface area contributed by atoms with Crippen molar-refractivity contribution in [1.29, 1.82) is 0 Å². The van der Waals surface area contributed by atoms with E-state index in [2.05, 4.69) is 21.0 Å². The Morgan fingerprint density at radius 1 is 1.40 bits per heavy atom. The second kappa shape index (κ2) is 7.26. The van der Waals surface area contributed by atoms with E-state index in [-0.39, 0.29) is 5.97 Å². The van der Waals surface area contributed by atoms with Gasteiger partial charge in [-0.15, -0.1) is 0 Å². The van der Waals surface area contributed by atoms with Crippen molar-refractivity contribution in [2.45, 2.75) is 19.6 Å². The Kier molecular flexibility index (Phi) is 5.38. The molecule has 0 aromatic heterocycles. The molecule has 1 fully saturated rings. The van der Waals surface area contributed by atoms with Crippen molar-refractivity contribution < 1.29 is 14.3 Å². The average Bonchev–Trinajstić information content (AvgIpc) is 2.47. The van der Waals surface area contributed by atoms with Gasteiger partial charge in [-0.2, -0.15) is 0 Å². The van der Waals surface area contributed by atoms with Crippen LogP contribution in [0.5, 0.6) is 5.75 Å². The Hall–Kier alpha value is -1.59. The Bertz CT molecular complexity index is 444. The number of hydrogen-bond acceptors (Lipinski definition) is 5. The summed E-state index contributed by atoms with van der Waals surface area (Å²) in [6.07, 6.45) is -0.588. The number of benzene rings is 1. The maximum Gasteiger partial charge on any atom is 0.346 e. The van der Waals surface area contributed by atoms with Crippen LogP contribution in [0.1, 0.15) is 12.5 Å². The monoisotopic (exact) mass is 278 g/mol. The third kappa shape index (κ3) is 4.21. The van der Waals surface area contributed by atoms with Gasteiger partial charge in [-0.1, -0.05) is 12.1 Å². The number of methoxy groups -OCH3 is 1. The maximum absolute atomic E-state index is 11.4. The molecule has 1 atom stereocenters. The van der Waals surface area contributed by atoms with Crippen molar-refractivity contribution in [3.05, 3.63) is 29.8 Å². The summed E-state index contributed by atoms with van der Waals surface area (Å²) in [6, 6.07) is 7.89. The molecular weight excluding hydrogens is 256 g/mol. The van der Waals surface area contributed by atoms with Gasteiger partial charge in [0.1, 0.15) is 5.75 Å². The van der Waals surface area contributed by atoms with Crippen LogP contribution in [-0.4, -0.2) is 50.3 Å². The highest BCUT2D eigenvalue weighted by Gasteiger charge is 2.15. The Morgan fingerprint density at radius 3 is 2.85 bits per heavy atom. The number of carbonyl (C=O) groups is 1. The number of piperazine rings is 1. The number of rotatable bonds is 5. The lowest BCUT2D eigenvalue weighted by Gasteiger charge is -2.27. The number of esters is 1. The van der Waals surface area contributed by atoms with E-state index in [4.69, 9.17) is 4.74 Å². The van der Waals surface area contributed by atoms with Crippen LogP contribution in [0.4, 0.5) is 0 Å². The third-order valence-corrected chi connectivity index (χ3v) is 3.36. The summed E-state index contributed by atoms with van der Waals surface area (Å²) >= 11 is 0. The molecule has 1 aromatic carbocycles. The van der Waals surface area contributed by atoms with Crippen molar-refractivity contribution in [2.24, 2.45) is 0 Å². The summed E-state index contributed by atoms with van der Waals surface area (Å²) in [7, 11) is 1.36. The van der Waals surface area contributed by atoms with Crippen LogP contribution >= 0.6 is 0 Å². The molecule has 1 saturated heterocycles. The molecule has 110 valence electrons. The lowest BCUT2D eigenvalue weighted by atomic mass is 10.2. The van der Waals surface area contributed by atoms with E-state index in [1.807, 2.05) is 18.2 Å². The van der Waals surface area contributed by atoms with E-state index in [1.54, 1.807) is 6.92 Å². The van der Waals surface area contributed by atoms with Gasteiger partial charge >= 0.3 is 5.97 Å². The molecule has 1 unspecified atom stereocenters. The summed E-state index contributed by atoms with van der Waals surface area (Å²) in [6.45, 7) is 6.79. The molecule has 0 spiro atoms. The number of ether oxygens (including phenoxy) is 2. The van der Waals surface area contributed by atoms with Gasteiger partial charge in [0.15, 0.2) is 6.10 Å². The van der Waals surface area contributed by atoms with E-state index in [9.17, 15) is 4.79 Å². The largest absolute Gasteiger partial charge is 0.479 e. The van der Waals surface area contributed by atoms with E-state index in [1.165, 1.54) is 12.7 Å². The molecule has 20 heavy (non-hydrogen) atoms. The van der Waals surface area contributed by atoms with Crippen LogP contribution in [0.25, 0.3) is 0 Å². The first kappa shape index (κ1) is 14.8. The Morgan fingerprint density at radius 2 is 2.15 bits per heavy atom. The SMILES string of the molecule is COC(=O)C(C)Oc1cccc(CN2CCNCC2)c1. The minimum Gasteiger partial charge on any atom is -0.479 e. The fourth-order valence-corrected chi connectivity index (χ4v) is 2.26. The van der Waals surface area contributed by atoms with Gasteiger partial charge in [0.05, 0.1) is 7.11 Å². The normalized spacial score (nSPS) is 17.5. The number of nitrogens with zero attached hydrogens (tertiary/aromatic N) is 1. The molecule has 5 nitrogen and oxygen atoms in total. The average molecular weight is 278 g/mol. The second-order valence-corrected chi connectivity index (χ2v) is 4.96. The van der Waals surface area contributed by atoms with Gasteiger partial charge in [-0.25, -0.2) is 4.79 Å². The van der Waals surface area contributed by atoms with E-state index < -0.39 is 6.10 Å². The zero-order valence-electron chi connectivity index (χ0n) is 12.1. The van der Waals surface area contributed by atoms with Gasteiger partial charge in [0.2, 0.25) is 0 Å². The first-order valence-corrected chi connectivity index (χ1v) is 6.95. The van der Waals surface area contributed by atoms with Crippen LogP contribution in [0.2, 0.25) is 0 Å². The highest BCUT2D eigenvalue weighted by atomic mass is 16.6. The molecule has 1 aliphatic heterocycles. The summed E-state index contributed by atoms with van der Waals surface area (Å²) in [5.41, 5.74) is 1.20. The van der Waals surface area contributed by atoms with Crippen LogP contribution in [0.3, 0.4) is 0 Å². The van der Waals surface area contributed by atoms with Gasteiger partial charge in [0, 0.05) is 32.7 Å². The second-order valence-electron chi connectivity index (χ2n) is 4.96. The molecule has 1 heterocycles. The topological polar surface area (TPSA) is 50.8 Å². The standard InChI is InChI=1S/C15H22N2O3/c1-12(15(18)19-2)20-14-5-3-4-13(10-14)11-17-8-6-16-7-9-17/h3-5,10,12,16H,6-9,11H2,1-2H3. The van der Waals surface area contributed by atoms with Crippen molar-refractivity contribution >= 4 is 5.97 Å². The molecule has 1 aliphatic rings.